The van der Waals surface area contributed by atoms with Gasteiger partial charge in [0.25, 0.3) is 0 Å². The van der Waals surface area contributed by atoms with Crippen LogP contribution in [0.4, 0.5) is 0 Å². The van der Waals surface area contributed by atoms with E-state index in [9.17, 15) is 0 Å². The fraction of sp³-hybridized carbons (Fsp3) is 0.625. The molecular weight excluding hydrogens is 347 g/mol. The second-order valence-corrected chi connectivity index (χ2v) is 6.50. The van der Waals surface area contributed by atoms with Gasteiger partial charge in [-0.2, -0.15) is 0 Å². The summed E-state index contributed by atoms with van der Waals surface area (Å²) in [4.78, 5) is 0. The van der Waals surface area contributed by atoms with E-state index in [-0.39, 0.29) is 12.6 Å². The highest BCUT2D eigenvalue weighted by Gasteiger charge is 2.20. The van der Waals surface area contributed by atoms with Crippen LogP contribution in [0.1, 0.15) is 38.5 Å². The van der Waals surface area contributed by atoms with E-state index in [0.29, 0.717) is 17.0 Å². The van der Waals surface area contributed by atoms with Crippen LogP contribution in [0.2, 0.25) is 0 Å². The van der Waals surface area contributed by atoms with Crippen LogP contribution in [0.5, 0.6) is 11.5 Å². The lowest BCUT2D eigenvalue weighted by atomic mass is 9.95. The lowest BCUT2D eigenvalue weighted by Crippen LogP contribution is -2.28. The maximum absolute atomic E-state index is 6.09. The van der Waals surface area contributed by atoms with Crippen molar-refractivity contribution in [2.24, 2.45) is 0 Å². The predicted octanol–water partition coefficient (Wildman–Crippen LogP) is 3.05. The minimum atomic E-state index is -0.212. The first-order chi connectivity index (χ1) is 10.7. The van der Waals surface area contributed by atoms with Crippen molar-refractivity contribution in [2.45, 2.75) is 51.1 Å². The molecule has 2 fully saturated rings. The van der Waals surface area contributed by atoms with E-state index in [1.54, 1.807) is 6.07 Å². The van der Waals surface area contributed by atoms with Gasteiger partial charge in [-0.05, 0) is 53.7 Å². The zero-order chi connectivity index (χ0) is 15.4. The number of halogens is 1. The van der Waals surface area contributed by atoms with Gasteiger partial charge in [-0.15, -0.1) is 0 Å². The number of rotatable bonds is 4. The van der Waals surface area contributed by atoms with Crippen LogP contribution in [0, 0.1) is 0 Å². The van der Waals surface area contributed by atoms with E-state index in [1.165, 1.54) is 0 Å². The molecule has 0 bridgehead atoms. The van der Waals surface area contributed by atoms with E-state index in [4.69, 9.17) is 26.8 Å². The van der Waals surface area contributed by atoms with Gasteiger partial charge in [0, 0.05) is 12.8 Å². The molecule has 6 heteroatoms. The van der Waals surface area contributed by atoms with E-state index >= 15 is 0 Å². The third-order valence-corrected chi connectivity index (χ3v) is 4.48. The van der Waals surface area contributed by atoms with Crippen LogP contribution in [-0.2, 0) is 9.47 Å². The minimum absolute atomic E-state index is 0.196. The van der Waals surface area contributed by atoms with Gasteiger partial charge < -0.3 is 18.9 Å². The molecule has 118 valence electrons. The summed E-state index contributed by atoms with van der Waals surface area (Å²) >= 11 is 3.52. The Morgan fingerprint density at radius 1 is 0.909 bits per heavy atom. The van der Waals surface area contributed by atoms with Crippen molar-refractivity contribution in [1.82, 2.24) is 0 Å². The highest BCUT2D eigenvalue weighted by atomic mass is 79.9. The molecule has 2 unspecified atom stereocenters. The van der Waals surface area contributed by atoms with Crippen molar-refractivity contribution in [1.29, 1.82) is 0 Å². The molecule has 1 aromatic carbocycles. The van der Waals surface area contributed by atoms with Crippen LogP contribution in [-0.4, -0.2) is 33.6 Å². The summed E-state index contributed by atoms with van der Waals surface area (Å²) in [7, 11) is 6.09. The van der Waals surface area contributed by atoms with Crippen molar-refractivity contribution in [2.75, 3.05) is 13.2 Å². The summed E-state index contributed by atoms with van der Waals surface area (Å²) in [5.41, 5.74) is 0.545. The Morgan fingerprint density at radius 3 is 2.05 bits per heavy atom. The molecule has 2 radical (unpaired) electrons. The van der Waals surface area contributed by atoms with Crippen LogP contribution < -0.4 is 14.9 Å². The van der Waals surface area contributed by atoms with Gasteiger partial charge in [-0.25, -0.2) is 0 Å². The van der Waals surface area contributed by atoms with E-state index in [1.807, 2.05) is 6.07 Å². The Labute approximate surface area is 141 Å². The molecular formula is C16H20BBrO4. The molecule has 2 aliphatic rings. The molecule has 0 aromatic heterocycles. The Morgan fingerprint density at radius 2 is 1.50 bits per heavy atom. The van der Waals surface area contributed by atoms with Crippen LogP contribution in [0.3, 0.4) is 0 Å². The fourth-order valence-corrected chi connectivity index (χ4v) is 3.05. The third-order valence-electron chi connectivity index (χ3n) is 3.86. The van der Waals surface area contributed by atoms with Crippen molar-refractivity contribution >= 4 is 29.2 Å². The molecule has 22 heavy (non-hydrogen) atoms. The molecule has 1 aromatic rings. The zero-order valence-electron chi connectivity index (χ0n) is 12.6. The summed E-state index contributed by atoms with van der Waals surface area (Å²) in [5.74, 6) is 1.30. The van der Waals surface area contributed by atoms with Crippen molar-refractivity contribution in [3.8, 4) is 11.5 Å². The molecule has 3 rings (SSSR count). The molecule has 4 nitrogen and oxygen atoms in total. The summed E-state index contributed by atoms with van der Waals surface area (Å²) < 4.78 is 23.7. The largest absolute Gasteiger partial charge is 0.466 e. The maximum atomic E-state index is 6.09. The first kappa shape index (κ1) is 16.2. The molecule has 2 saturated heterocycles. The van der Waals surface area contributed by atoms with Gasteiger partial charge in [-0.1, -0.05) is 5.46 Å². The first-order valence-electron chi connectivity index (χ1n) is 7.88. The second kappa shape index (κ2) is 7.71. The quantitative estimate of drug-likeness (QED) is 0.767. The number of hydrogen-bond donors (Lipinski definition) is 0. The lowest BCUT2D eigenvalue weighted by Gasteiger charge is -2.26. The Balaban J connectivity index is 1.67. The smallest absolute Gasteiger partial charge is 0.199 e. The molecule has 0 amide bonds. The first-order valence-corrected chi connectivity index (χ1v) is 8.67. The Bertz CT molecular complexity index is 453. The van der Waals surface area contributed by atoms with Gasteiger partial charge >= 0.3 is 0 Å². The summed E-state index contributed by atoms with van der Waals surface area (Å²) in [6.45, 7) is 1.49. The minimum Gasteiger partial charge on any atom is -0.466 e. The topological polar surface area (TPSA) is 36.9 Å². The number of ether oxygens (including phenoxy) is 4. The molecule has 0 saturated carbocycles. The van der Waals surface area contributed by atoms with Crippen molar-refractivity contribution < 1.29 is 18.9 Å². The highest BCUT2D eigenvalue weighted by Crippen LogP contribution is 2.31. The monoisotopic (exact) mass is 366 g/mol. The van der Waals surface area contributed by atoms with Gasteiger partial charge in [0.2, 0.25) is 0 Å². The van der Waals surface area contributed by atoms with Crippen LogP contribution in [0.25, 0.3) is 0 Å². The predicted molar refractivity (Wildman–Crippen MR) is 88.0 cm³/mol. The van der Waals surface area contributed by atoms with E-state index in [2.05, 4.69) is 15.9 Å². The average Bonchev–Trinajstić information content (AvgIpc) is 2.54. The van der Waals surface area contributed by atoms with Crippen LogP contribution >= 0.6 is 15.9 Å². The lowest BCUT2D eigenvalue weighted by molar-refractivity contribution is -0.107. The van der Waals surface area contributed by atoms with Gasteiger partial charge in [0.05, 0.1) is 17.7 Å². The summed E-state index contributed by atoms with van der Waals surface area (Å²) in [6, 6.07) is 3.62. The highest BCUT2D eigenvalue weighted by molar-refractivity contribution is 9.10. The molecule has 2 aliphatic heterocycles. The van der Waals surface area contributed by atoms with E-state index in [0.717, 1.165) is 56.2 Å². The molecule has 2 heterocycles. The van der Waals surface area contributed by atoms with Crippen molar-refractivity contribution in [3.63, 3.8) is 0 Å². The maximum Gasteiger partial charge on any atom is 0.199 e. The Kier molecular flexibility index (Phi) is 5.66. The second-order valence-electron chi connectivity index (χ2n) is 5.65. The van der Waals surface area contributed by atoms with Crippen molar-refractivity contribution in [3.05, 3.63) is 16.6 Å². The third kappa shape index (κ3) is 4.18. The zero-order valence-corrected chi connectivity index (χ0v) is 14.1. The Hall–Kier alpha value is -0.715. The molecule has 0 spiro atoms. The van der Waals surface area contributed by atoms with Gasteiger partial charge in [0.1, 0.15) is 19.3 Å². The molecule has 0 N–H and O–H groups in total. The van der Waals surface area contributed by atoms with Gasteiger partial charge in [0.15, 0.2) is 12.6 Å². The normalized spacial score (nSPS) is 25.7. The summed E-state index contributed by atoms with van der Waals surface area (Å²) in [6.07, 6.45) is 5.81. The summed E-state index contributed by atoms with van der Waals surface area (Å²) in [5, 5.41) is 0. The molecule has 2 atom stereocenters. The fourth-order valence-electron chi connectivity index (χ4n) is 2.63. The SMILES string of the molecule is [B]c1cc(OC2CCCCO2)c(Br)cc1OC1CCCCO1. The van der Waals surface area contributed by atoms with Crippen LogP contribution in [0.15, 0.2) is 16.6 Å². The average molecular weight is 367 g/mol. The standard InChI is InChI=1S/C16H20BBrO4/c17-11-9-14(22-16-6-2-4-8-20-16)12(18)10-13(11)21-15-5-1-3-7-19-15/h9-10,15-16H,1-8H2. The number of hydrogen-bond acceptors (Lipinski definition) is 4. The van der Waals surface area contributed by atoms with Gasteiger partial charge in [-0.3, -0.25) is 0 Å². The molecule has 0 aliphatic carbocycles. The number of benzene rings is 1. The van der Waals surface area contributed by atoms with E-state index < -0.39 is 0 Å².